The van der Waals surface area contributed by atoms with Gasteiger partial charge in [0.2, 0.25) is 5.91 Å². The maximum absolute atomic E-state index is 12.5. The van der Waals surface area contributed by atoms with Gasteiger partial charge in [0.25, 0.3) is 5.91 Å². The van der Waals surface area contributed by atoms with Gasteiger partial charge >= 0.3 is 0 Å². The van der Waals surface area contributed by atoms with Gasteiger partial charge in [0, 0.05) is 25.6 Å². The zero-order valence-electron chi connectivity index (χ0n) is 19.8. The number of ether oxygens (including phenoxy) is 1. The predicted octanol–water partition coefficient (Wildman–Crippen LogP) is 5.84. The van der Waals surface area contributed by atoms with Crippen molar-refractivity contribution < 1.29 is 14.3 Å². The average molecular weight is 459 g/mol. The fourth-order valence-electron chi connectivity index (χ4n) is 4.05. The molecule has 0 unspecified atom stereocenters. The van der Waals surface area contributed by atoms with Crippen LogP contribution in [0.2, 0.25) is 0 Å². The van der Waals surface area contributed by atoms with Gasteiger partial charge in [-0.3, -0.25) is 9.59 Å². The number of carbonyl (C=O) groups is 2. The van der Waals surface area contributed by atoms with E-state index in [1.54, 1.807) is 19.2 Å². The van der Waals surface area contributed by atoms with Gasteiger partial charge in [0.05, 0.1) is 0 Å². The predicted molar refractivity (Wildman–Crippen MR) is 136 cm³/mol. The fraction of sp³-hybridized carbons (Fsp3) is 0.310. The minimum absolute atomic E-state index is 0.0778. The number of para-hydroxylation sites is 1. The lowest BCUT2D eigenvalue weighted by Gasteiger charge is -2.28. The van der Waals surface area contributed by atoms with Crippen LogP contribution in [-0.2, 0) is 4.79 Å². The van der Waals surface area contributed by atoms with Gasteiger partial charge in [-0.05, 0) is 67.9 Å². The first-order valence-corrected chi connectivity index (χ1v) is 12.0. The van der Waals surface area contributed by atoms with E-state index in [9.17, 15) is 9.59 Å². The highest BCUT2D eigenvalue weighted by molar-refractivity contribution is 5.94. The van der Waals surface area contributed by atoms with Gasteiger partial charge in [-0.2, -0.15) is 0 Å². The van der Waals surface area contributed by atoms with E-state index in [0.29, 0.717) is 36.1 Å². The molecule has 0 bridgehead atoms. The summed E-state index contributed by atoms with van der Waals surface area (Å²) in [6.45, 7) is 0.676. The molecule has 2 amide bonds. The highest BCUT2D eigenvalue weighted by atomic mass is 16.5. The van der Waals surface area contributed by atoms with Crippen molar-refractivity contribution >= 4 is 11.8 Å². The third kappa shape index (κ3) is 8.74. The van der Waals surface area contributed by atoms with Gasteiger partial charge in [0.1, 0.15) is 11.5 Å². The molecule has 1 aliphatic rings. The summed E-state index contributed by atoms with van der Waals surface area (Å²) >= 11 is 0. The first kappa shape index (κ1) is 25.0. The van der Waals surface area contributed by atoms with Crippen LogP contribution >= 0.6 is 0 Å². The van der Waals surface area contributed by atoms with Gasteiger partial charge in [0.15, 0.2) is 0 Å². The Morgan fingerprint density at radius 2 is 1.32 bits per heavy atom. The van der Waals surface area contributed by atoms with Crippen LogP contribution in [0.5, 0.6) is 11.5 Å². The Morgan fingerprint density at radius 1 is 0.765 bits per heavy atom. The maximum Gasteiger partial charge on any atom is 0.251 e. The standard InChI is InChI=1S/C23H28N2O3.C6H6/c1-24-22(26)14-17-10-12-18(13-11-17)16-25-23(27)19-6-5-9-21(15-19)28-20-7-3-2-4-8-20;1-2-4-6-5-3-1/h2-9,15,17-18H,10-14,16H2,1H3,(H,24,26)(H,25,27);1-6H. The van der Waals surface area contributed by atoms with E-state index in [4.69, 9.17) is 4.74 Å². The summed E-state index contributed by atoms with van der Waals surface area (Å²) in [5.41, 5.74) is 0.599. The largest absolute Gasteiger partial charge is 0.457 e. The Kier molecular flexibility index (Phi) is 10.2. The molecule has 0 saturated heterocycles. The summed E-state index contributed by atoms with van der Waals surface area (Å²) in [6, 6.07) is 28.8. The number of benzene rings is 3. The second kappa shape index (κ2) is 13.8. The van der Waals surface area contributed by atoms with Crippen molar-refractivity contribution in [3.8, 4) is 11.5 Å². The molecule has 34 heavy (non-hydrogen) atoms. The summed E-state index contributed by atoms with van der Waals surface area (Å²) in [4.78, 5) is 24.0. The Labute approximate surface area is 202 Å². The number of rotatable bonds is 7. The zero-order valence-corrected chi connectivity index (χ0v) is 19.8. The molecule has 4 rings (SSSR count). The number of amides is 2. The topological polar surface area (TPSA) is 67.4 Å². The van der Waals surface area contributed by atoms with E-state index in [0.717, 1.165) is 31.4 Å². The van der Waals surface area contributed by atoms with Crippen LogP contribution in [0.15, 0.2) is 91.0 Å². The molecule has 0 heterocycles. The lowest BCUT2D eigenvalue weighted by Crippen LogP contribution is -2.32. The van der Waals surface area contributed by atoms with Crippen molar-refractivity contribution in [1.82, 2.24) is 10.6 Å². The molecule has 5 nitrogen and oxygen atoms in total. The Morgan fingerprint density at radius 3 is 1.94 bits per heavy atom. The van der Waals surface area contributed by atoms with E-state index >= 15 is 0 Å². The maximum atomic E-state index is 12.5. The number of carbonyl (C=O) groups excluding carboxylic acids is 2. The molecule has 1 aliphatic carbocycles. The number of hydrogen-bond acceptors (Lipinski definition) is 3. The first-order chi connectivity index (χ1) is 16.6. The highest BCUT2D eigenvalue weighted by Gasteiger charge is 2.23. The molecule has 1 fully saturated rings. The number of hydrogen-bond donors (Lipinski definition) is 2. The van der Waals surface area contributed by atoms with Crippen molar-refractivity contribution in [2.24, 2.45) is 11.8 Å². The molecule has 178 valence electrons. The minimum Gasteiger partial charge on any atom is -0.457 e. The van der Waals surface area contributed by atoms with Gasteiger partial charge in [-0.15, -0.1) is 0 Å². The lowest BCUT2D eigenvalue weighted by atomic mass is 9.80. The van der Waals surface area contributed by atoms with Gasteiger partial charge < -0.3 is 15.4 Å². The highest BCUT2D eigenvalue weighted by Crippen LogP contribution is 2.30. The van der Waals surface area contributed by atoms with Crippen LogP contribution in [0.25, 0.3) is 0 Å². The first-order valence-electron chi connectivity index (χ1n) is 12.0. The van der Waals surface area contributed by atoms with Crippen molar-refractivity contribution in [3.63, 3.8) is 0 Å². The SMILES string of the molecule is CNC(=O)CC1CCC(CNC(=O)c2cccc(Oc3ccccc3)c2)CC1.c1ccccc1. The Hall–Kier alpha value is -3.60. The fourth-order valence-corrected chi connectivity index (χ4v) is 4.05. The average Bonchev–Trinajstić information content (AvgIpc) is 2.90. The lowest BCUT2D eigenvalue weighted by molar-refractivity contribution is -0.121. The molecule has 0 aromatic heterocycles. The van der Waals surface area contributed by atoms with Crippen molar-refractivity contribution in [1.29, 1.82) is 0 Å². The molecule has 3 aromatic carbocycles. The van der Waals surface area contributed by atoms with Crippen LogP contribution in [0, 0.1) is 11.8 Å². The molecule has 3 aromatic rings. The molecule has 2 N–H and O–H groups in total. The van der Waals surface area contributed by atoms with Gasteiger partial charge in [-0.25, -0.2) is 0 Å². The summed E-state index contributed by atoms with van der Waals surface area (Å²) in [6.07, 6.45) is 4.82. The van der Waals surface area contributed by atoms with Gasteiger partial charge in [-0.1, -0.05) is 60.7 Å². The van der Waals surface area contributed by atoms with E-state index < -0.39 is 0 Å². The van der Waals surface area contributed by atoms with Crippen molar-refractivity contribution in [2.75, 3.05) is 13.6 Å². The second-order valence-corrected chi connectivity index (χ2v) is 8.57. The molecular weight excluding hydrogens is 424 g/mol. The number of nitrogens with one attached hydrogen (secondary N) is 2. The molecule has 5 heteroatoms. The summed E-state index contributed by atoms with van der Waals surface area (Å²) in [5, 5.41) is 5.75. The van der Waals surface area contributed by atoms with Crippen LogP contribution in [-0.4, -0.2) is 25.4 Å². The van der Waals surface area contributed by atoms with Crippen molar-refractivity contribution in [3.05, 3.63) is 96.6 Å². The van der Waals surface area contributed by atoms with E-state index in [2.05, 4.69) is 10.6 Å². The van der Waals surface area contributed by atoms with Crippen molar-refractivity contribution in [2.45, 2.75) is 32.1 Å². The van der Waals surface area contributed by atoms with Crippen LogP contribution in [0.4, 0.5) is 0 Å². The quantitative estimate of drug-likeness (QED) is 0.468. The van der Waals surface area contributed by atoms with E-state index in [1.807, 2.05) is 78.9 Å². The smallest absolute Gasteiger partial charge is 0.251 e. The molecular formula is C29H34N2O3. The zero-order chi connectivity index (χ0) is 24.0. The summed E-state index contributed by atoms with van der Waals surface area (Å²) < 4.78 is 5.80. The van der Waals surface area contributed by atoms with Crippen LogP contribution in [0.3, 0.4) is 0 Å². The van der Waals surface area contributed by atoms with E-state index in [-0.39, 0.29) is 11.8 Å². The molecule has 0 spiro atoms. The molecule has 0 atom stereocenters. The third-order valence-electron chi connectivity index (χ3n) is 6.01. The second-order valence-electron chi connectivity index (χ2n) is 8.57. The van der Waals surface area contributed by atoms with E-state index in [1.165, 1.54) is 0 Å². The third-order valence-corrected chi connectivity index (χ3v) is 6.01. The van der Waals surface area contributed by atoms with Crippen LogP contribution < -0.4 is 15.4 Å². The molecule has 0 radical (unpaired) electrons. The summed E-state index contributed by atoms with van der Waals surface area (Å²) in [7, 11) is 1.68. The minimum atomic E-state index is -0.0778. The Bertz CT molecular complexity index is 973. The molecule has 1 saturated carbocycles. The van der Waals surface area contributed by atoms with Crippen LogP contribution in [0.1, 0.15) is 42.5 Å². The molecule has 0 aliphatic heterocycles. The Balaban J connectivity index is 0.000000469. The monoisotopic (exact) mass is 458 g/mol. The summed E-state index contributed by atoms with van der Waals surface area (Å²) in [5.74, 6) is 2.38. The normalized spacial score (nSPS) is 17.0.